The fourth-order valence-corrected chi connectivity index (χ4v) is 3.08. The van der Waals surface area contributed by atoms with Crippen molar-refractivity contribution in [3.63, 3.8) is 0 Å². The minimum Gasteiger partial charge on any atom is -0.486 e. The number of aromatic nitrogens is 2. The molecule has 3 aromatic rings. The lowest BCUT2D eigenvalue weighted by Gasteiger charge is -2.19. The summed E-state index contributed by atoms with van der Waals surface area (Å²) in [5, 5.41) is 0. The number of ether oxygens (including phenoxy) is 1. The van der Waals surface area contributed by atoms with Crippen LogP contribution in [-0.2, 0) is 18.6 Å². The number of hydrogen-bond acceptors (Lipinski definition) is 2. The number of imidazole rings is 1. The van der Waals surface area contributed by atoms with Crippen molar-refractivity contribution in [2.45, 2.75) is 59.6 Å². The van der Waals surface area contributed by atoms with E-state index in [2.05, 4.69) is 81.7 Å². The van der Waals surface area contributed by atoms with Crippen LogP contribution in [0.4, 0.5) is 0 Å². The summed E-state index contributed by atoms with van der Waals surface area (Å²) < 4.78 is 8.37. The van der Waals surface area contributed by atoms with Gasteiger partial charge in [0.15, 0.2) is 0 Å². The van der Waals surface area contributed by atoms with E-state index >= 15 is 0 Å². The predicted molar refractivity (Wildman–Crippen MR) is 109 cm³/mol. The number of nitrogens with zero attached hydrogens (tertiary/aromatic N) is 2. The molecule has 3 heteroatoms. The molecule has 0 bridgehead atoms. The van der Waals surface area contributed by atoms with E-state index in [1.807, 2.05) is 6.07 Å². The van der Waals surface area contributed by atoms with E-state index in [-0.39, 0.29) is 5.41 Å². The highest BCUT2D eigenvalue weighted by atomic mass is 16.5. The van der Waals surface area contributed by atoms with Gasteiger partial charge in [-0.25, -0.2) is 4.98 Å². The van der Waals surface area contributed by atoms with Crippen molar-refractivity contribution < 1.29 is 4.74 Å². The highest BCUT2D eigenvalue weighted by molar-refractivity contribution is 5.75. The van der Waals surface area contributed by atoms with E-state index in [1.54, 1.807) is 0 Å². The summed E-state index contributed by atoms with van der Waals surface area (Å²) in [6, 6.07) is 16.8. The number of para-hydroxylation sites is 2. The van der Waals surface area contributed by atoms with Gasteiger partial charge >= 0.3 is 0 Å². The Hall–Kier alpha value is -2.29. The van der Waals surface area contributed by atoms with Crippen molar-refractivity contribution in [2.75, 3.05) is 0 Å². The van der Waals surface area contributed by atoms with Gasteiger partial charge in [-0.2, -0.15) is 0 Å². The van der Waals surface area contributed by atoms with E-state index in [0.29, 0.717) is 12.5 Å². The van der Waals surface area contributed by atoms with Gasteiger partial charge in [-0.05, 0) is 41.2 Å². The Balaban J connectivity index is 1.81. The van der Waals surface area contributed by atoms with Crippen LogP contribution in [0.3, 0.4) is 0 Å². The lowest BCUT2D eigenvalue weighted by molar-refractivity contribution is 0.286. The van der Waals surface area contributed by atoms with Gasteiger partial charge in [-0.1, -0.05) is 65.3 Å². The lowest BCUT2D eigenvalue weighted by atomic mass is 9.87. The molecule has 0 aliphatic heterocycles. The van der Waals surface area contributed by atoms with E-state index in [9.17, 15) is 0 Å². The largest absolute Gasteiger partial charge is 0.486 e. The minimum absolute atomic E-state index is 0.156. The van der Waals surface area contributed by atoms with Crippen LogP contribution in [0.1, 0.15) is 52.4 Å². The first kappa shape index (κ1) is 18.5. The quantitative estimate of drug-likeness (QED) is 0.548. The maximum Gasteiger partial charge on any atom is 0.148 e. The van der Waals surface area contributed by atoms with Crippen LogP contribution in [0.5, 0.6) is 5.75 Å². The Bertz CT molecular complexity index is 856. The molecule has 0 aliphatic carbocycles. The van der Waals surface area contributed by atoms with E-state index in [4.69, 9.17) is 9.72 Å². The Morgan fingerprint density at radius 1 is 1.04 bits per heavy atom. The van der Waals surface area contributed by atoms with Crippen molar-refractivity contribution in [2.24, 2.45) is 5.92 Å². The van der Waals surface area contributed by atoms with Crippen molar-refractivity contribution in [3.05, 3.63) is 59.9 Å². The van der Waals surface area contributed by atoms with Gasteiger partial charge in [0.2, 0.25) is 0 Å². The summed E-state index contributed by atoms with van der Waals surface area (Å²) in [6.45, 7) is 12.6. The fourth-order valence-electron chi connectivity index (χ4n) is 3.08. The summed E-state index contributed by atoms with van der Waals surface area (Å²) in [5.74, 6) is 2.49. The topological polar surface area (TPSA) is 27.1 Å². The second-order valence-electron chi connectivity index (χ2n) is 8.20. The molecule has 1 atom stereocenters. The molecule has 0 saturated heterocycles. The van der Waals surface area contributed by atoms with Crippen LogP contribution in [0, 0.1) is 5.92 Å². The SMILES string of the molecule is CC[C@@H](C)Cn1c(COc2ccc(C(C)(C)C)cc2)nc2ccccc21. The summed E-state index contributed by atoms with van der Waals surface area (Å²) in [7, 11) is 0. The van der Waals surface area contributed by atoms with Gasteiger partial charge in [-0.3, -0.25) is 0 Å². The third-order valence-corrected chi connectivity index (χ3v) is 5.01. The summed E-state index contributed by atoms with van der Waals surface area (Å²) >= 11 is 0. The molecule has 0 saturated carbocycles. The third kappa shape index (κ3) is 4.09. The highest BCUT2D eigenvalue weighted by Gasteiger charge is 2.15. The maximum absolute atomic E-state index is 6.06. The zero-order valence-electron chi connectivity index (χ0n) is 16.6. The first-order chi connectivity index (χ1) is 12.4. The molecule has 3 rings (SSSR count). The number of fused-ring (bicyclic) bond motifs is 1. The first-order valence-corrected chi connectivity index (χ1v) is 9.56. The molecule has 3 nitrogen and oxygen atoms in total. The van der Waals surface area contributed by atoms with Crippen LogP contribution in [-0.4, -0.2) is 9.55 Å². The Labute approximate surface area is 157 Å². The van der Waals surface area contributed by atoms with Gasteiger partial charge in [0.25, 0.3) is 0 Å². The van der Waals surface area contributed by atoms with Gasteiger partial charge in [-0.15, -0.1) is 0 Å². The predicted octanol–water partition coefficient (Wildman–Crippen LogP) is 5.96. The molecular formula is C23H30N2O. The Morgan fingerprint density at radius 3 is 2.38 bits per heavy atom. The van der Waals surface area contributed by atoms with Crippen molar-refractivity contribution >= 4 is 11.0 Å². The van der Waals surface area contributed by atoms with Crippen LogP contribution in [0.15, 0.2) is 48.5 Å². The third-order valence-electron chi connectivity index (χ3n) is 5.01. The average molecular weight is 351 g/mol. The van der Waals surface area contributed by atoms with Crippen LogP contribution in [0.25, 0.3) is 11.0 Å². The molecule has 0 aliphatic rings. The molecule has 0 spiro atoms. The second kappa shape index (κ2) is 7.53. The van der Waals surface area contributed by atoms with Gasteiger partial charge in [0.1, 0.15) is 18.2 Å². The number of hydrogen-bond donors (Lipinski definition) is 0. The van der Waals surface area contributed by atoms with Crippen molar-refractivity contribution in [3.8, 4) is 5.75 Å². The maximum atomic E-state index is 6.06. The standard InChI is InChI=1S/C23H30N2O/c1-6-17(2)15-25-21-10-8-7-9-20(21)24-22(25)16-26-19-13-11-18(12-14-19)23(3,4)5/h7-14,17H,6,15-16H2,1-5H3/t17-/m1/s1. The van der Waals surface area contributed by atoms with Crippen molar-refractivity contribution in [1.29, 1.82) is 0 Å². The molecule has 26 heavy (non-hydrogen) atoms. The van der Waals surface area contributed by atoms with Gasteiger partial charge < -0.3 is 9.30 Å². The normalized spacial score (nSPS) is 13.1. The van der Waals surface area contributed by atoms with E-state index in [0.717, 1.165) is 30.1 Å². The summed E-state index contributed by atoms with van der Waals surface area (Å²) in [5.41, 5.74) is 3.70. The lowest BCUT2D eigenvalue weighted by Crippen LogP contribution is -2.12. The van der Waals surface area contributed by atoms with E-state index < -0.39 is 0 Å². The molecule has 138 valence electrons. The molecular weight excluding hydrogens is 320 g/mol. The van der Waals surface area contributed by atoms with Crippen LogP contribution >= 0.6 is 0 Å². The summed E-state index contributed by atoms with van der Waals surface area (Å²) in [4.78, 5) is 4.81. The molecule has 0 amide bonds. The average Bonchev–Trinajstić information content (AvgIpc) is 2.97. The second-order valence-corrected chi connectivity index (χ2v) is 8.20. The molecule has 1 heterocycles. The van der Waals surface area contributed by atoms with Crippen molar-refractivity contribution in [1.82, 2.24) is 9.55 Å². The molecule has 0 N–H and O–H groups in total. The zero-order chi connectivity index (χ0) is 18.7. The highest BCUT2D eigenvalue weighted by Crippen LogP contribution is 2.25. The smallest absolute Gasteiger partial charge is 0.148 e. The molecule has 0 unspecified atom stereocenters. The fraction of sp³-hybridized carbons (Fsp3) is 0.435. The van der Waals surface area contributed by atoms with E-state index in [1.165, 1.54) is 11.1 Å². The Kier molecular flexibility index (Phi) is 5.36. The van der Waals surface area contributed by atoms with Gasteiger partial charge in [0.05, 0.1) is 11.0 Å². The summed E-state index contributed by atoms with van der Waals surface area (Å²) in [6.07, 6.45) is 1.15. The number of rotatable bonds is 6. The van der Waals surface area contributed by atoms with Gasteiger partial charge in [0, 0.05) is 6.54 Å². The Morgan fingerprint density at radius 2 is 1.73 bits per heavy atom. The monoisotopic (exact) mass is 350 g/mol. The zero-order valence-corrected chi connectivity index (χ0v) is 16.6. The molecule has 0 radical (unpaired) electrons. The molecule has 2 aromatic carbocycles. The minimum atomic E-state index is 0.156. The van der Waals surface area contributed by atoms with Crippen LogP contribution in [0.2, 0.25) is 0 Å². The first-order valence-electron chi connectivity index (χ1n) is 9.56. The molecule has 0 fully saturated rings. The molecule has 1 aromatic heterocycles. The number of benzene rings is 2. The van der Waals surface area contributed by atoms with Crippen LogP contribution < -0.4 is 4.74 Å².